The van der Waals surface area contributed by atoms with Gasteiger partial charge in [0.2, 0.25) is 0 Å². The molecule has 2 rings (SSSR count). The molecule has 0 aliphatic heterocycles. The van der Waals surface area contributed by atoms with E-state index < -0.39 is 0 Å². The predicted molar refractivity (Wildman–Crippen MR) is 83.0 cm³/mol. The van der Waals surface area contributed by atoms with Crippen molar-refractivity contribution in [3.8, 4) is 11.5 Å². The molecule has 0 radical (unpaired) electrons. The Hall–Kier alpha value is -1.46. The van der Waals surface area contributed by atoms with Gasteiger partial charge in [-0.05, 0) is 30.7 Å². The third-order valence-electron chi connectivity index (χ3n) is 2.91. The largest absolute Gasteiger partial charge is 0.453 e. The van der Waals surface area contributed by atoms with E-state index in [2.05, 4.69) is 39.7 Å². The van der Waals surface area contributed by atoms with E-state index in [-0.39, 0.29) is 5.92 Å². The molecule has 2 N–H and O–H groups in total. The highest BCUT2D eigenvalue weighted by molar-refractivity contribution is 9.10. The van der Waals surface area contributed by atoms with Gasteiger partial charge >= 0.3 is 0 Å². The number of rotatable bonds is 4. The summed E-state index contributed by atoms with van der Waals surface area (Å²) in [5.41, 5.74) is 7.52. The highest BCUT2D eigenvalue weighted by Crippen LogP contribution is 2.29. The minimum absolute atomic E-state index is 0.267. The van der Waals surface area contributed by atoms with Gasteiger partial charge in [0, 0.05) is 16.9 Å². The summed E-state index contributed by atoms with van der Waals surface area (Å²) in [6, 6.07) is 5.85. The van der Waals surface area contributed by atoms with Crippen LogP contribution in [0.3, 0.4) is 0 Å². The SMILES string of the molecule is Cc1cc(Br)ccc1Oc1cnc(C(C)C)nc1CN. The molecule has 0 saturated carbocycles. The fourth-order valence-electron chi connectivity index (χ4n) is 1.78. The minimum atomic E-state index is 0.267. The molecule has 0 bridgehead atoms. The Bertz CT molecular complexity index is 614. The van der Waals surface area contributed by atoms with Gasteiger partial charge in [-0.15, -0.1) is 0 Å². The lowest BCUT2D eigenvalue weighted by atomic mass is 10.2. The Balaban J connectivity index is 2.33. The van der Waals surface area contributed by atoms with Crippen LogP contribution in [0.2, 0.25) is 0 Å². The number of hydrogen-bond donors (Lipinski definition) is 1. The van der Waals surface area contributed by atoms with Gasteiger partial charge < -0.3 is 10.5 Å². The second kappa shape index (κ2) is 6.33. The van der Waals surface area contributed by atoms with Gasteiger partial charge in [0.25, 0.3) is 0 Å². The number of nitrogens with two attached hydrogens (primary N) is 1. The Kier molecular flexibility index (Phi) is 4.73. The van der Waals surface area contributed by atoms with Gasteiger partial charge in [-0.3, -0.25) is 0 Å². The fourth-order valence-corrected chi connectivity index (χ4v) is 2.25. The van der Waals surface area contributed by atoms with E-state index in [0.29, 0.717) is 12.3 Å². The van der Waals surface area contributed by atoms with E-state index in [9.17, 15) is 0 Å². The first-order chi connectivity index (χ1) is 9.51. The maximum atomic E-state index is 5.90. The third kappa shape index (κ3) is 3.35. The first-order valence-electron chi connectivity index (χ1n) is 6.51. The Morgan fingerprint density at radius 3 is 2.65 bits per heavy atom. The minimum Gasteiger partial charge on any atom is -0.453 e. The standard InChI is InChI=1S/C15H18BrN3O/c1-9(2)15-18-8-14(12(7-17)19-15)20-13-5-4-11(16)6-10(13)3/h4-6,8-9H,7,17H2,1-3H3. The number of benzene rings is 1. The van der Waals surface area contributed by atoms with E-state index >= 15 is 0 Å². The second-order valence-corrected chi connectivity index (χ2v) is 5.83. The molecule has 0 fully saturated rings. The summed E-state index contributed by atoms with van der Waals surface area (Å²) >= 11 is 3.44. The summed E-state index contributed by atoms with van der Waals surface area (Å²) in [5, 5.41) is 0. The van der Waals surface area contributed by atoms with Gasteiger partial charge in [0.1, 0.15) is 17.3 Å². The summed E-state index contributed by atoms with van der Waals surface area (Å²) in [5.74, 6) is 2.44. The van der Waals surface area contributed by atoms with Crippen molar-refractivity contribution in [3.63, 3.8) is 0 Å². The summed E-state index contributed by atoms with van der Waals surface area (Å²) < 4.78 is 6.92. The zero-order valence-corrected chi connectivity index (χ0v) is 13.4. The Morgan fingerprint density at radius 2 is 2.05 bits per heavy atom. The molecule has 5 heteroatoms. The summed E-state index contributed by atoms with van der Waals surface area (Å²) in [6.45, 7) is 6.42. The lowest BCUT2D eigenvalue weighted by molar-refractivity contribution is 0.464. The van der Waals surface area contributed by atoms with Crippen molar-refractivity contribution in [2.45, 2.75) is 33.2 Å². The molecule has 1 heterocycles. The number of hydrogen-bond acceptors (Lipinski definition) is 4. The fraction of sp³-hybridized carbons (Fsp3) is 0.333. The molecular weight excluding hydrogens is 318 g/mol. The average molecular weight is 336 g/mol. The molecule has 0 unspecified atom stereocenters. The first kappa shape index (κ1) is 14.9. The zero-order chi connectivity index (χ0) is 14.7. The van der Waals surface area contributed by atoms with Gasteiger partial charge in [-0.1, -0.05) is 29.8 Å². The topological polar surface area (TPSA) is 61.0 Å². The molecule has 0 aliphatic rings. The summed E-state index contributed by atoms with van der Waals surface area (Å²) in [6.07, 6.45) is 1.70. The van der Waals surface area contributed by atoms with Crippen LogP contribution in [-0.4, -0.2) is 9.97 Å². The van der Waals surface area contributed by atoms with Crippen molar-refractivity contribution in [1.82, 2.24) is 9.97 Å². The van der Waals surface area contributed by atoms with Crippen LogP contribution in [0, 0.1) is 6.92 Å². The van der Waals surface area contributed by atoms with Crippen LogP contribution in [0.5, 0.6) is 11.5 Å². The third-order valence-corrected chi connectivity index (χ3v) is 3.41. The highest BCUT2D eigenvalue weighted by Gasteiger charge is 2.11. The lowest BCUT2D eigenvalue weighted by Crippen LogP contribution is -2.07. The number of ether oxygens (including phenoxy) is 1. The van der Waals surface area contributed by atoms with Crippen molar-refractivity contribution in [3.05, 3.63) is 46.0 Å². The van der Waals surface area contributed by atoms with Gasteiger partial charge in [-0.25, -0.2) is 9.97 Å². The van der Waals surface area contributed by atoms with Crippen molar-refractivity contribution >= 4 is 15.9 Å². The number of nitrogens with zero attached hydrogens (tertiary/aromatic N) is 2. The molecule has 0 spiro atoms. The summed E-state index contributed by atoms with van der Waals surface area (Å²) in [4.78, 5) is 8.79. The summed E-state index contributed by atoms with van der Waals surface area (Å²) in [7, 11) is 0. The van der Waals surface area contributed by atoms with Crippen LogP contribution in [-0.2, 0) is 6.54 Å². The maximum absolute atomic E-state index is 5.90. The monoisotopic (exact) mass is 335 g/mol. The van der Waals surface area contributed by atoms with Crippen LogP contribution in [0.4, 0.5) is 0 Å². The van der Waals surface area contributed by atoms with Gasteiger partial charge in [0.15, 0.2) is 5.75 Å². The molecular formula is C15H18BrN3O. The zero-order valence-electron chi connectivity index (χ0n) is 11.9. The quantitative estimate of drug-likeness (QED) is 0.919. The van der Waals surface area contributed by atoms with Gasteiger partial charge in [-0.2, -0.15) is 0 Å². The first-order valence-corrected chi connectivity index (χ1v) is 7.30. The van der Waals surface area contributed by atoms with Crippen LogP contribution in [0.25, 0.3) is 0 Å². The van der Waals surface area contributed by atoms with E-state index in [1.165, 1.54) is 0 Å². The molecule has 0 aliphatic carbocycles. The van der Waals surface area contributed by atoms with Crippen molar-refractivity contribution in [2.75, 3.05) is 0 Å². The molecule has 4 nitrogen and oxygen atoms in total. The molecule has 106 valence electrons. The average Bonchev–Trinajstić information content (AvgIpc) is 2.42. The molecule has 1 aromatic carbocycles. The van der Waals surface area contributed by atoms with E-state index in [0.717, 1.165) is 27.3 Å². The normalized spacial score (nSPS) is 10.9. The molecule has 0 amide bonds. The van der Waals surface area contributed by atoms with E-state index in [4.69, 9.17) is 10.5 Å². The van der Waals surface area contributed by atoms with Crippen LogP contribution >= 0.6 is 15.9 Å². The Labute approximate surface area is 127 Å². The Morgan fingerprint density at radius 1 is 1.30 bits per heavy atom. The molecule has 1 aromatic heterocycles. The van der Waals surface area contributed by atoms with Crippen molar-refractivity contribution < 1.29 is 4.74 Å². The van der Waals surface area contributed by atoms with Crippen LogP contribution < -0.4 is 10.5 Å². The predicted octanol–water partition coefficient (Wildman–Crippen LogP) is 3.92. The number of aromatic nitrogens is 2. The highest BCUT2D eigenvalue weighted by atomic mass is 79.9. The van der Waals surface area contributed by atoms with Crippen molar-refractivity contribution in [1.29, 1.82) is 0 Å². The second-order valence-electron chi connectivity index (χ2n) is 4.91. The molecule has 20 heavy (non-hydrogen) atoms. The molecule has 0 saturated heterocycles. The lowest BCUT2D eigenvalue weighted by Gasteiger charge is -2.13. The molecule has 2 aromatic rings. The van der Waals surface area contributed by atoms with E-state index in [1.54, 1.807) is 6.20 Å². The van der Waals surface area contributed by atoms with E-state index in [1.807, 2.05) is 25.1 Å². The van der Waals surface area contributed by atoms with Gasteiger partial charge in [0.05, 0.1) is 6.20 Å². The smallest absolute Gasteiger partial charge is 0.168 e. The molecule has 0 atom stereocenters. The maximum Gasteiger partial charge on any atom is 0.168 e. The number of aryl methyl sites for hydroxylation is 1. The van der Waals surface area contributed by atoms with Crippen LogP contribution in [0.15, 0.2) is 28.9 Å². The number of halogens is 1. The van der Waals surface area contributed by atoms with Crippen molar-refractivity contribution in [2.24, 2.45) is 5.73 Å². The van der Waals surface area contributed by atoms with Crippen LogP contribution in [0.1, 0.15) is 36.8 Å².